The van der Waals surface area contributed by atoms with Gasteiger partial charge in [-0.25, -0.2) is 0 Å². The molecule has 0 saturated heterocycles. The Morgan fingerprint density at radius 2 is 1.87 bits per heavy atom. The molecular weight excluding hydrogens is 306 g/mol. The largest absolute Gasteiger partial charge is 0.497 e. The predicted octanol–water partition coefficient (Wildman–Crippen LogP) is 1.87. The van der Waals surface area contributed by atoms with E-state index in [9.17, 15) is 0 Å². The molecule has 0 heterocycles. The topological polar surface area (TPSA) is 37.7 Å². The molecule has 0 aliphatic heterocycles. The van der Waals surface area contributed by atoms with Gasteiger partial charge in [0.25, 0.3) is 0 Å². The monoisotopic (exact) mass is 330 g/mol. The molecule has 4 nitrogen and oxygen atoms in total. The average Bonchev–Trinajstić information content (AvgIpc) is 2.56. The van der Waals surface area contributed by atoms with E-state index in [4.69, 9.17) is 17.0 Å². The van der Waals surface area contributed by atoms with Crippen LogP contribution < -0.4 is 20.3 Å². The normalized spacial score (nSPS) is 11.8. The number of anilines is 1. The molecule has 1 atom stereocenters. The van der Waals surface area contributed by atoms with E-state index in [1.165, 1.54) is 10.5 Å². The lowest BCUT2D eigenvalue weighted by atomic mass is 10.1. The number of hydrogen-bond acceptors (Lipinski definition) is 2. The molecule has 0 aliphatic rings. The number of rotatable bonds is 6. The van der Waals surface area contributed by atoms with Crippen molar-refractivity contribution in [2.24, 2.45) is 0 Å². The third kappa shape index (κ3) is 5.23. The lowest BCUT2D eigenvalue weighted by Gasteiger charge is -2.23. The van der Waals surface area contributed by atoms with Gasteiger partial charge in [-0.05, 0) is 24.4 Å². The summed E-state index contributed by atoms with van der Waals surface area (Å²) in [5.41, 5.74) is 2.21. The number of thiocarbonyl (C=S) groups is 1. The minimum absolute atomic E-state index is 0.334. The van der Waals surface area contributed by atoms with E-state index in [0.29, 0.717) is 11.2 Å². The number of hydrogen-bond donors (Lipinski definition) is 3. The first-order chi connectivity index (χ1) is 11.1. The molecule has 3 N–H and O–H groups in total. The molecule has 0 amide bonds. The minimum atomic E-state index is 0.334. The summed E-state index contributed by atoms with van der Waals surface area (Å²) in [5, 5.41) is 7.11. The van der Waals surface area contributed by atoms with Crippen molar-refractivity contribution >= 4 is 23.0 Å². The van der Waals surface area contributed by atoms with E-state index in [1.807, 2.05) is 30.3 Å². The van der Waals surface area contributed by atoms with Gasteiger partial charge in [0, 0.05) is 17.3 Å². The number of quaternary nitrogens is 1. The van der Waals surface area contributed by atoms with Crippen LogP contribution in [0.15, 0.2) is 54.6 Å². The second kappa shape index (κ2) is 8.50. The highest BCUT2D eigenvalue weighted by atomic mass is 32.1. The smallest absolute Gasteiger partial charge is 0.171 e. The molecule has 0 radical (unpaired) electrons. The Morgan fingerprint density at radius 3 is 2.52 bits per heavy atom. The summed E-state index contributed by atoms with van der Waals surface area (Å²) in [6, 6.07) is 18.5. The zero-order chi connectivity index (χ0) is 16.7. The van der Waals surface area contributed by atoms with Crippen LogP contribution in [0.4, 0.5) is 5.69 Å². The molecule has 2 aromatic rings. The van der Waals surface area contributed by atoms with E-state index in [1.54, 1.807) is 7.11 Å². The lowest BCUT2D eigenvalue weighted by molar-refractivity contribution is -0.890. The predicted molar refractivity (Wildman–Crippen MR) is 99.2 cm³/mol. The second-order valence-corrected chi connectivity index (χ2v) is 6.02. The van der Waals surface area contributed by atoms with Gasteiger partial charge in [0.15, 0.2) is 5.11 Å². The third-order valence-electron chi connectivity index (χ3n) is 3.69. The summed E-state index contributed by atoms with van der Waals surface area (Å²) in [4.78, 5) is 1.35. The van der Waals surface area contributed by atoms with Crippen LogP contribution in [0.5, 0.6) is 5.75 Å². The number of nitrogens with one attached hydrogen (secondary N) is 3. The highest BCUT2D eigenvalue weighted by molar-refractivity contribution is 7.80. The number of benzene rings is 2. The summed E-state index contributed by atoms with van der Waals surface area (Å²) in [5.74, 6) is 0.803. The van der Waals surface area contributed by atoms with Gasteiger partial charge in [-0.2, -0.15) is 0 Å². The van der Waals surface area contributed by atoms with Gasteiger partial charge in [0.1, 0.15) is 11.8 Å². The first kappa shape index (κ1) is 17.2. The maximum absolute atomic E-state index is 5.40. The van der Waals surface area contributed by atoms with Gasteiger partial charge in [-0.15, -0.1) is 0 Å². The van der Waals surface area contributed by atoms with Crippen LogP contribution in [0.3, 0.4) is 0 Å². The Bertz CT molecular complexity index is 631. The molecule has 0 aliphatic carbocycles. The van der Waals surface area contributed by atoms with Crippen molar-refractivity contribution in [1.29, 1.82) is 0 Å². The summed E-state index contributed by atoms with van der Waals surface area (Å²) in [6.45, 7) is 0.766. The molecule has 122 valence electrons. The van der Waals surface area contributed by atoms with Gasteiger partial charge in [0.2, 0.25) is 0 Å². The Hall–Kier alpha value is -2.11. The van der Waals surface area contributed by atoms with Crippen LogP contribution in [0.2, 0.25) is 0 Å². The highest BCUT2D eigenvalue weighted by Gasteiger charge is 2.17. The molecule has 0 saturated carbocycles. The number of likely N-dealkylation sites (N-methyl/N-ethyl adjacent to an activating group) is 1. The average molecular weight is 330 g/mol. The Balaban J connectivity index is 1.94. The van der Waals surface area contributed by atoms with Gasteiger partial charge >= 0.3 is 0 Å². The lowest BCUT2D eigenvalue weighted by Crippen LogP contribution is -3.07. The zero-order valence-electron chi connectivity index (χ0n) is 13.8. The first-order valence-electron chi connectivity index (χ1n) is 7.64. The summed E-state index contributed by atoms with van der Waals surface area (Å²) in [6.07, 6.45) is 0. The molecule has 0 unspecified atom stereocenters. The molecule has 0 fully saturated rings. The molecule has 2 aromatic carbocycles. The van der Waals surface area contributed by atoms with Crippen LogP contribution in [0.25, 0.3) is 0 Å². The van der Waals surface area contributed by atoms with Crippen LogP contribution >= 0.6 is 12.2 Å². The number of methoxy groups -OCH3 is 1. The van der Waals surface area contributed by atoms with E-state index in [0.717, 1.165) is 18.0 Å². The first-order valence-corrected chi connectivity index (χ1v) is 8.05. The quantitative estimate of drug-likeness (QED) is 0.707. The van der Waals surface area contributed by atoms with Crippen molar-refractivity contribution in [2.45, 2.75) is 6.04 Å². The molecule has 5 heteroatoms. The van der Waals surface area contributed by atoms with E-state index in [2.05, 4.69) is 49.0 Å². The summed E-state index contributed by atoms with van der Waals surface area (Å²) >= 11 is 5.40. The summed E-state index contributed by atoms with van der Waals surface area (Å²) in [7, 11) is 5.95. The van der Waals surface area contributed by atoms with E-state index < -0.39 is 0 Å². The molecular formula is C18H24N3OS+. The third-order valence-corrected chi connectivity index (χ3v) is 3.94. The fourth-order valence-electron chi connectivity index (χ4n) is 2.41. The second-order valence-electron chi connectivity index (χ2n) is 5.61. The van der Waals surface area contributed by atoms with Gasteiger partial charge in [0.05, 0.1) is 27.7 Å². The van der Waals surface area contributed by atoms with Crippen LogP contribution in [0, 0.1) is 0 Å². The van der Waals surface area contributed by atoms with E-state index in [-0.39, 0.29) is 0 Å². The fourth-order valence-corrected chi connectivity index (χ4v) is 2.61. The van der Waals surface area contributed by atoms with Crippen molar-refractivity contribution in [3.8, 4) is 5.75 Å². The van der Waals surface area contributed by atoms with Gasteiger partial charge in [-0.1, -0.05) is 36.4 Å². The Kier molecular flexibility index (Phi) is 6.38. The van der Waals surface area contributed by atoms with Crippen LogP contribution in [-0.4, -0.2) is 32.9 Å². The molecule has 0 bridgehead atoms. The SMILES string of the molecule is COc1cccc(NC(=S)NC[C@H](c2ccccc2)[NH+](C)C)c1. The molecule has 0 spiro atoms. The van der Waals surface area contributed by atoms with Crippen molar-refractivity contribution in [3.63, 3.8) is 0 Å². The van der Waals surface area contributed by atoms with Crippen LogP contribution in [-0.2, 0) is 0 Å². The standard InChI is InChI=1S/C18H23N3OS/c1-21(2)17(14-8-5-4-6-9-14)13-19-18(23)20-15-10-7-11-16(12-15)22-3/h4-12,17H,13H2,1-3H3,(H2,19,20,23)/p+1/t17-/m1/s1. The molecule has 2 rings (SSSR count). The maximum Gasteiger partial charge on any atom is 0.171 e. The maximum atomic E-state index is 5.40. The summed E-state index contributed by atoms with van der Waals surface area (Å²) < 4.78 is 5.22. The minimum Gasteiger partial charge on any atom is -0.497 e. The number of ether oxygens (including phenoxy) is 1. The Morgan fingerprint density at radius 1 is 1.13 bits per heavy atom. The van der Waals surface area contributed by atoms with Crippen LogP contribution in [0.1, 0.15) is 11.6 Å². The fraction of sp³-hybridized carbons (Fsp3) is 0.278. The van der Waals surface area contributed by atoms with Crippen molar-refractivity contribution in [1.82, 2.24) is 5.32 Å². The van der Waals surface area contributed by atoms with Crippen molar-refractivity contribution in [2.75, 3.05) is 33.1 Å². The zero-order valence-corrected chi connectivity index (χ0v) is 14.6. The van der Waals surface area contributed by atoms with E-state index >= 15 is 0 Å². The van der Waals surface area contributed by atoms with Crippen molar-refractivity contribution in [3.05, 3.63) is 60.2 Å². The van der Waals surface area contributed by atoms with Gasteiger partial charge < -0.3 is 20.3 Å². The Labute approximate surface area is 143 Å². The molecule has 0 aromatic heterocycles. The van der Waals surface area contributed by atoms with Crippen molar-refractivity contribution < 1.29 is 9.64 Å². The van der Waals surface area contributed by atoms with Gasteiger partial charge in [-0.3, -0.25) is 0 Å². The molecule has 23 heavy (non-hydrogen) atoms. The highest BCUT2D eigenvalue weighted by Crippen LogP contribution is 2.16.